The Hall–Kier alpha value is -2.33. The number of aryl methyl sites for hydroxylation is 1. The van der Waals surface area contributed by atoms with E-state index in [2.05, 4.69) is 15.0 Å². The summed E-state index contributed by atoms with van der Waals surface area (Å²) in [6, 6.07) is 3.66. The van der Waals surface area contributed by atoms with Gasteiger partial charge in [0.25, 0.3) is 10.0 Å². The highest BCUT2D eigenvalue weighted by Gasteiger charge is 2.18. The van der Waals surface area contributed by atoms with Gasteiger partial charge in [-0.05, 0) is 18.2 Å². The Morgan fingerprint density at radius 1 is 1.50 bits per heavy atom. The summed E-state index contributed by atoms with van der Waals surface area (Å²) in [6.07, 6.45) is 1.39. The predicted molar refractivity (Wildman–Crippen MR) is 76.4 cm³/mol. The Balaban J connectivity index is 2.21. The lowest BCUT2D eigenvalue weighted by atomic mass is 10.3. The molecule has 0 aliphatic heterocycles. The van der Waals surface area contributed by atoms with Crippen LogP contribution in [0.3, 0.4) is 0 Å². The SMILES string of the molecule is Cn1cc(NS(=O)(=O)c2ccc(OCC(=O)O)c(Cl)c2)nn1. The van der Waals surface area contributed by atoms with Crippen LogP contribution in [0, 0.1) is 0 Å². The van der Waals surface area contributed by atoms with Crippen molar-refractivity contribution in [1.82, 2.24) is 15.0 Å². The van der Waals surface area contributed by atoms with E-state index >= 15 is 0 Å². The molecule has 118 valence electrons. The maximum atomic E-state index is 12.2. The summed E-state index contributed by atoms with van der Waals surface area (Å²) >= 11 is 5.88. The number of anilines is 1. The van der Waals surface area contributed by atoms with E-state index in [-0.39, 0.29) is 21.5 Å². The Morgan fingerprint density at radius 3 is 2.77 bits per heavy atom. The Bertz CT molecular complexity index is 805. The van der Waals surface area contributed by atoms with Gasteiger partial charge in [-0.25, -0.2) is 13.2 Å². The van der Waals surface area contributed by atoms with Gasteiger partial charge in [-0.15, -0.1) is 5.10 Å². The van der Waals surface area contributed by atoms with Gasteiger partial charge in [0, 0.05) is 7.05 Å². The highest BCUT2D eigenvalue weighted by Crippen LogP contribution is 2.28. The third-order valence-corrected chi connectivity index (χ3v) is 4.05. The number of carboxylic acids is 1. The van der Waals surface area contributed by atoms with Gasteiger partial charge in [0.2, 0.25) is 0 Å². The fourth-order valence-corrected chi connectivity index (χ4v) is 2.80. The van der Waals surface area contributed by atoms with E-state index in [4.69, 9.17) is 21.4 Å². The van der Waals surface area contributed by atoms with Gasteiger partial charge in [0.05, 0.1) is 16.1 Å². The average molecular weight is 347 g/mol. The van der Waals surface area contributed by atoms with Gasteiger partial charge in [0.15, 0.2) is 12.4 Å². The number of carbonyl (C=O) groups is 1. The molecule has 0 radical (unpaired) electrons. The molecule has 1 heterocycles. The van der Waals surface area contributed by atoms with Gasteiger partial charge in [-0.1, -0.05) is 16.8 Å². The molecule has 0 aliphatic rings. The first-order valence-corrected chi connectivity index (χ1v) is 7.67. The zero-order valence-electron chi connectivity index (χ0n) is 11.2. The summed E-state index contributed by atoms with van der Waals surface area (Å²) in [5, 5.41) is 15.7. The molecule has 2 N–H and O–H groups in total. The first kappa shape index (κ1) is 16.0. The first-order chi connectivity index (χ1) is 10.3. The molecule has 0 saturated carbocycles. The number of aromatic nitrogens is 3. The number of hydrogen-bond donors (Lipinski definition) is 2. The second kappa shape index (κ2) is 6.20. The molecule has 1 aromatic carbocycles. The van der Waals surface area contributed by atoms with Crippen LogP contribution in [0.4, 0.5) is 5.82 Å². The molecule has 11 heteroatoms. The van der Waals surface area contributed by atoms with Crippen LogP contribution in [0.1, 0.15) is 0 Å². The summed E-state index contributed by atoms with van der Waals surface area (Å²) in [5.74, 6) is -1.04. The van der Waals surface area contributed by atoms with Crippen LogP contribution >= 0.6 is 11.6 Å². The van der Waals surface area contributed by atoms with Gasteiger partial charge >= 0.3 is 5.97 Å². The van der Waals surface area contributed by atoms with E-state index < -0.39 is 22.6 Å². The highest BCUT2D eigenvalue weighted by molar-refractivity contribution is 7.92. The lowest BCUT2D eigenvalue weighted by Gasteiger charge is -2.09. The second-order valence-electron chi connectivity index (χ2n) is 4.16. The minimum absolute atomic E-state index is 0.0247. The number of aliphatic carboxylic acids is 1. The fourth-order valence-electron chi connectivity index (χ4n) is 1.50. The van der Waals surface area contributed by atoms with Crippen molar-refractivity contribution in [3.8, 4) is 5.75 Å². The summed E-state index contributed by atoms with van der Waals surface area (Å²) in [5.41, 5.74) is 0. The summed E-state index contributed by atoms with van der Waals surface area (Å²) in [4.78, 5) is 10.3. The summed E-state index contributed by atoms with van der Waals surface area (Å²) < 4.78 is 32.8. The second-order valence-corrected chi connectivity index (χ2v) is 6.25. The van der Waals surface area contributed by atoms with Crippen LogP contribution in [0.2, 0.25) is 5.02 Å². The van der Waals surface area contributed by atoms with Crippen LogP contribution in [-0.4, -0.2) is 41.1 Å². The number of sulfonamides is 1. The van der Waals surface area contributed by atoms with E-state index in [0.717, 1.165) is 6.07 Å². The Morgan fingerprint density at radius 2 is 2.23 bits per heavy atom. The Labute approximate surface area is 130 Å². The molecule has 1 aromatic heterocycles. The minimum Gasteiger partial charge on any atom is -0.480 e. The molecule has 0 aliphatic carbocycles. The number of rotatable bonds is 6. The van der Waals surface area contributed by atoms with Crippen molar-refractivity contribution in [2.24, 2.45) is 7.05 Å². The lowest BCUT2D eigenvalue weighted by Crippen LogP contribution is -2.14. The van der Waals surface area contributed by atoms with Crippen molar-refractivity contribution in [1.29, 1.82) is 0 Å². The van der Waals surface area contributed by atoms with Gasteiger partial charge in [0.1, 0.15) is 5.75 Å². The molecule has 0 amide bonds. The summed E-state index contributed by atoms with van der Waals surface area (Å²) in [6.45, 7) is -0.580. The first-order valence-electron chi connectivity index (χ1n) is 5.81. The van der Waals surface area contributed by atoms with Crippen molar-refractivity contribution < 1.29 is 23.1 Å². The normalized spacial score (nSPS) is 11.2. The van der Waals surface area contributed by atoms with Crippen molar-refractivity contribution in [3.63, 3.8) is 0 Å². The van der Waals surface area contributed by atoms with Crippen LogP contribution in [0.25, 0.3) is 0 Å². The van der Waals surface area contributed by atoms with Crippen LogP contribution < -0.4 is 9.46 Å². The summed E-state index contributed by atoms with van der Waals surface area (Å²) in [7, 11) is -2.30. The number of nitrogens with one attached hydrogen (secondary N) is 1. The third-order valence-electron chi connectivity index (χ3n) is 2.41. The molecule has 9 nitrogen and oxygen atoms in total. The van der Waals surface area contributed by atoms with Crippen molar-refractivity contribution in [3.05, 3.63) is 29.4 Å². The predicted octanol–water partition coefficient (Wildman–Crippen LogP) is 0.733. The molecule has 0 atom stereocenters. The van der Waals surface area contributed by atoms with E-state index in [9.17, 15) is 13.2 Å². The molecule has 2 aromatic rings. The van der Waals surface area contributed by atoms with Gasteiger partial charge in [-0.2, -0.15) is 0 Å². The maximum absolute atomic E-state index is 12.2. The lowest BCUT2D eigenvalue weighted by molar-refractivity contribution is -0.139. The smallest absolute Gasteiger partial charge is 0.341 e. The number of hydrogen-bond acceptors (Lipinski definition) is 6. The van der Waals surface area contributed by atoms with E-state index in [1.165, 1.54) is 23.0 Å². The molecule has 0 fully saturated rings. The van der Waals surface area contributed by atoms with Gasteiger partial charge < -0.3 is 9.84 Å². The molecule has 0 saturated heterocycles. The zero-order chi connectivity index (χ0) is 16.3. The van der Waals surface area contributed by atoms with Crippen LogP contribution in [-0.2, 0) is 21.9 Å². The zero-order valence-corrected chi connectivity index (χ0v) is 12.8. The topological polar surface area (TPSA) is 123 Å². The van der Waals surface area contributed by atoms with Crippen molar-refractivity contribution >= 4 is 33.4 Å². The maximum Gasteiger partial charge on any atom is 0.341 e. The van der Waals surface area contributed by atoms with E-state index in [0.29, 0.717) is 0 Å². The molecular formula is C11H11ClN4O5S. The average Bonchev–Trinajstić information content (AvgIpc) is 2.81. The van der Waals surface area contributed by atoms with E-state index in [1.807, 2.05) is 0 Å². The molecule has 0 unspecified atom stereocenters. The van der Waals surface area contributed by atoms with E-state index in [1.54, 1.807) is 7.05 Å². The molecule has 2 rings (SSSR count). The molecule has 0 bridgehead atoms. The molecule has 0 spiro atoms. The van der Waals surface area contributed by atoms with Crippen LogP contribution in [0.5, 0.6) is 5.75 Å². The van der Waals surface area contributed by atoms with Crippen molar-refractivity contribution in [2.45, 2.75) is 4.90 Å². The minimum atomic E-state index is -3.89. The van der Waals surface area contributed by atoms with Crippen LogP contribution in [0.15, 0.2) is 29.3 Å². The van der Waals surface area contributed by atoms with Gasteiger partial charge in [-0.3, -0.25) is 9.40 Å². The number of halogens is 1. The quantitative estimate of drug-likeness (QED) is 0.790. The highest BCUT2D eigenvalue weighted by atomic mass is 35.5. The largest absolute Gasteiger partial charge is 0.480 e. The molecule has 22 heavy (non-hydrogen) atoms. The third kappa shape index (κ3) is 3.86. The number of ether oxygens (including phenoxy) is 1. The number of benzene rings is 1. The standard InChI is InChI=1S/C11H11ClN4O5S/c1-16-5-10(13-15-16)14-22(19,20)7-2-3-9(8(12)4-7)21-6-11(17)18/h2-5,14H,6H2,1H3,(H,17,18). The Kier molecular flexibility index (Phi) is 4.52. The fraction of sp³-hybridized carbons (Fsp3) is 0.182. The monoisotopic (exact) mass is 346 g/mol. The van der Waals surface area contributed by atoms with Crippen molar-refractivity contribution in [2.75, 3.05) is 11.3 Å². The molecular weight excluding hydrogens is 336 g/mol. The number of nitrogens with zero attached hydrogens (tertiary/aromatic N) is 3. The number of carboxylic acid groups (broad SMARTS) is 1.